The number of amides is 1. The number of hydrazone groups is 1. The van der Waals surface area contributed by atoms with Crippen molar-refractivity contribution < 1.29 is 4.79 Å². The Balaban J connectivity index is 2.04. The molecular formula is C14H15N3OS. The molecule has 0 bridgehead atoms. The molecule has 98 valence electrons. The van der Waals surface area contributed by atoms with Gasteiger partial charge in [-0.25, -0.2) is 5.43 Å². The van der Waals surface area contributed by atoms with E-state index in [-0.39, 0.29) is 5.91 Å². The highest BCUT2D eigenvalue weighted by atomic mass is 32.1. The number of thiophene rings is 1. The average Bonchev–Trinajstić information content (AvgIpc) is 2.94. The van der Waals surface area contributed by atoms with Crippen molar-refractivity contribution in [2.75, 3.05) is 0 Å². The highest BCUT2D eigenvalue weighted by molar-refractivity contribution is 7.14. The van der Waals surface area contributed by atoms with E-state index in [1.165, 1.54) is 4.88 Å². The monoisotopic (exact) mass is 273 g/mol. The van der Waals surface area contributed by atoms with Gasteiger partial charge in [0.05, 0.1) is 10.6 Å². The zero-order chi connectivity index (χ0) is 13.7. The molecule has 0 saturated carbocycles. The molecule has 2 rings (SSSR count). The Morgan fingerprint density at radius 1 is 1.32 bits per heavy atom. The Morgan fingerprint density at radius 2 is 2.05 bits per heavy atom. The first kappa shape index (κ1) is 13.4. The molecule has 0 atom stereocenters. The summed E-state index contributed by atoms with van der Waals surface area (Å²) in [4.78, 5) is 18.1. The lowest BCUT2D eigenvalue weighted by Crippen LogP contribution is -2.19. The van der Waals surface area contributed by atoms with Crippen LogP contribution in [0, 0.1) is 0 Å². The van der Waals surface area contributed by atoms with Crippen LogP contribution in [0.4, 0.5) is 0 Å². The summed E-state index contributed by atoms with van der Waals surface area (Å²) >= 11 is 1.70. The number of carbonyl (C=O) groups is 1. The smallest absolute Gasteiger partial charge is 0.267 e. The molecule has 2 aromatic heterocycles. The van der Waals surface area contributed by atoms with E-state index in [2.05, 4.69) is 28.5 Å². The molecule has 2 aromatic rings. The van der Waals surface area contributed by atoms with Gasteiger partial charge in [-0.15, -0.1) is 11.3 Å². The number of pyridine rings is 1. The third-order valence-electron chi connectivity index (χ3n) is 2.63. The predicted octanol–water partition coefficient (Wildman–Crippen LogP) is 2.86. The van der Waals surface area contributed by atoms with Crippen LogP contribution in [0.15, 0.2) is 41.8 Å². The van der Waals surface area contributed by atoms with E-state index < -0.39 is 0 Å². The van der Waals surface area contributed by atoms with Crippen LogP contribution in [0.2, 0.25) is 0 Å². The van der Waals surface area contributed by atoms with Gasteiger partial charge in [-0.05, 0) is 37.6 Å². The summed E-state index contributed by atoms with van der Waals surface area (Å²) < 4.78 is 0. The predicted molar refractivity (Wildman–Crippen MR) is 77.6 cm³/mol. The minimum atomic E-state index is -0.228. The summed E-state index contributed by atoms with van der Waals surface area (Å²) in [5.41, 5.74) is 3.91. The molecule has 0 saturated heterocycles. The largest absolute Gasteiger partial charge is 0.271 e. The Kier molecular flexibility index (Phi) is 4.41. The van der Waals surface area contributed by atoms with Crippen LogP contribution in [0.5, 0.6) is 0 Å². The summed E-state index contributed by atoms with van der Waals surface area (Å²) in [6.45, 7) is 4.01. The SMILES string of the molecule is CCc1ccc(/C(C)=N/NC(=O)c2ccncc2)s1. The van der Waals surface area contributed by atoms with Crippen LogP contribution in [0.25, 0.3) is 0 Å². The number of aryl methyl sites for hydroxylation is 1. The number of nitrogens with one attached hydrogen (secondary N) is 1. The van der Waals surface area contributed by atoms with E-state index in [9.17, 15) is 4.79 Å². The van der Waals surface area contributed by atoms with E-state index in [1.807, 2.05) is 13.0 Å². The third kappa shape index (κ3) is 3.48. The normalized spacial score (nSPS) is 11.4. The van der Waals surface area contributed by atoms with Crippen molar-refractivity contribution in [3.63, 3.8) is 0 Å². The second-order valence-corrected chi connectivity index (χ2v) is 5.16. The molecule has 19 heavy (non-hydrogen) atoms. The van der Waals surface area contributed by atoms with Gasteiger partial charge in [-0.3, -0.25) is 9.78 Å². The number of rotatable bonds is 4. The van der Waals surface area contributed by atoms with Crippen molar-refractivity contribution >= 4 is 23.0 Å². The lowest BCUT2D eigenvalue weighted by atomic mass is 10.2. The number of nitrogens with zero attached hydrogens (tertiary/aromatic N) is 2. The minimum absolute atomic E-state index is 0.228. The second-order valence-electron chi connectivity index (χ2n) is 3.99. The number of aromatic nitrogens is 1. The fourth-order valence-electron chi connectivity index (χ4n) is 1.52. The molecule has 2 heterocycles. The molecule has 0 spiro atoms. The van der Waals surface area contributed by atoms with Gasteiger partial charge in [0.25, 0.3) is 5.91 Å². The van der Waals surface area contributed by atoms with Crippen molar-refractivity contribution in [2.45, 2.75) is 20.3 Å². The first-order valence-corrected chi connectivity index (χ1v) is 6.86. The van der Waals surface area contributed by atoms with Gasteiger partial charge in [-0.2, -0.15) is 5.10 Å². The summed E-state index contributed by atoms with van der Waals surface area (Å²) in [6.07, 6.45) is 4.18. The van der Waals surface area contributed by atoms with Crippen molar-refractivity contribution in [3.8, 4) is 0 Å². The lowest BCUT2D eigenvalue weighted by molar-refractivity contribution is 0.0954. The molecule has 0 aliphatic carbocycles. The molecular weight excluding hydrogens is 258 g/mol. The van der Waals surface area contributed by atoms with E-state index in [4.69, 9.17) is 0 Å². The number of hydrogen-bond donors (Lipinski definition) is 1. The Hall–Kier alpha value is -2.01. The summed E-state index contributed by atoms with van der Waals surface area (Å²) in [6, 6.07) is 7.42. The van der Waals surface area contributed by atoms with Crippen LogP contribution in [-0.4, -0.2) is 16.6 Å². The van der Waals surface area contributed by atoms with E-state index in [1.54, 1.807) is 35.9 Å². The maximum absolute atomic E-state index is 11.8. The maximum Gasteiger partial charge on any atom is 0.271 e. The molecule has 0 unspecified atom stereocenters. The van der Waals surface area contributed by atoms with Crippen LogP contribution in [-0.2, 0) is 6.42 Å². The topological polar surface area (TPSA) is 54.4 Å². The van der Waals surface area contributed by atoms with E-state index in [0.717, 1.165) is 17.0 Å². The fraction of sp³-hybridized carbons (Fsp3) is 0.214. The lowest BCUT2D eigenvalue weighted by Gasteiger charge is -2.00. The molecule has 0 aromatic carbocycles. The van der Waals surface area contributed by atoms with Crippen molar-refractivity contribution in [1.82, 2.24) is 10.4 Å². The first-order chi connectivity index (χ1) is 9.20. The van der Waals surface area contributed by atoms with Gasteiger partial charge in [-0.1, -0.05) is 6.92 Å². The highest BCUT2D eigenvalue weighted by Gasteiger charge is 2.05. The quantitative estimate of drug-likeness (QED) is 0.688. The summed E-state index contributed by atoms with van der Waals surface area (Å²) in [5, 5.41) is 4.13. The van der Waals surface area contributed by atoms with Crippen molar-refractivity contribution in [1.29, 1.82) is 0 Å². The number of carbonyl (C=O) groups excluding carboxylic acids is 1. The second kappa shape index (κ2) is 6.24. The Bertz CT molecular complexity index is 590. The van der Waals surface area contributed by atoms with Gasteiger partial charge in [0, 0.05) is 22.8 Å². The Labute approximate surface area is 116 Å². The van der Waals surface area contributed by atoms with Crippen LogP contribution in [0.3, 0.4) is 0 Å². The van der Waals surface area contributed by atoms with Gasteiger partial charge in [0.1, 0.15) is 0 Å². The van der Waals surface area contributed by atoms with Gasteiger partial charge >= 0.3 is 0 Å². The zero-order valence-corrected chi connectivity index (χ0v) is 11.7. The molecule has 0 aliphatic rings. The first-order valence-electron chi connectivity index (χ1n) is 6.04. The summed E-state index contributed by atoms with van der Waals surface area (Å²) in [7, 11) is 0. The fourth-order valence-corrected chi connectivity index (χ4v) is 2.41. The molecule has 0 aliphatic heterocycles. The molecule has 1 amide bonds. The van der Waals surface area contributed by atoms with E-state index in [0.29, 0.717) is 5.56 Å². The van der Waals surface area contributed by atoms with Crippen molar-refractivity contribution in [3.05, 3.63) is 52.0 Å². The number of hydrogen-bond acceptors (Lipinski definition) is 4. The van der Waals surface area contributed by atoms with Crippen molar-refractivity contribution in [2.24, 2.45) is 5.10 Å². The highest BCUT2D eigenvalue weighted by Crippen LogP contribution is 2.17. The van der Waals surface area contributed by atoms with Crippen LogP contribution < -0.4 is 5.43 Å². The molecule has 1 N–H and O–H groups in total. The maximum atomic E-state index is 11.8. The minimum Gasteiger partial charge on any atom is -0.267 e. The van der Waals surface area contributed by atoms with Gasteiger partial charge in [0.15, 0.2) is 0 Å². The molecule has 0 radical (unpaired) electrons. The molecule has 0 fully saturated rings. The molecule has 5 heteroatoms. The zero-order valence-electron chi connectivity index (χ0n) is 10.9. The van der Waals surface area contributed by atoms with Gasteiger partial charge in [0.2, 0.25) is 0 Å². The average molecular weight is 273 g/mol. The standard InChI is InChI=1S/C14H15N3OS/c1-3-12-4-5-13(19-12)10(2)16-17-14(18)11-6-8-15-9-7-11/h4-9H,3H2,1-2H3,(H,17,18)/b16-10+. The third-order valence-corrected chi connectivity index (χ3v) is 3.97. The van der Waals surface area contributed by atoms with Crippen LogP contribution in [0.1, 0.15) is 34.0 Å². The van der Waals surface area contributed by atoms with Gasteiger partial charge < -0.3 is 0 Å². The van der Waals surface area contributed by atoms with E-state index >= 15 is 0 Å². The Morgan fingerprint density at radius 3 is 2.68 bits per heavy atom. The molecule has 4 nitrogen and oxygen atoms in total. The van der Waals surface area contributed by atoms with Crippen LogP contribution >= 0.6 is 11.3 Å². The summed E-state index contributed by atoms with van der Waals surface area (Å²) in [5.74, 6) is -0.228.